The van der Waals surface area contributed by atoms with E-state index in [1.807, 2.05) is 29.9 Å². The molecule has 4 rings (SSSR count). The average Bonchev–Trinajstić information content (AvgIpc) is 3.31. The number of aromatic nitrogens is 5. The lowest BCUT2D eigenvalue weighted by Gasteiger charge is -2.32. The predicted molar refractivity (Wildman–Crippen MR) is 113 cm³/mol. The number of hydrogen-bond donors (Lipinski definition) is 1. The van der Waals surface area contributed by atoms with Gasteiger partial charge in [0, 0.05) is 36.8 Å². The number of likely N-dealkylation sites (N-methyl/N-ethyl adjacent to an activating group) is 1. The average molecular weight is 393 g/mol. The lowest BCUT2D eigenvalue weighted by Crippen LogP contribution is -2.38. The van der Waals surface area contributed by atoms with Crippen molar-refractivity contribution < 1.29 is 5.11 Å². The molecule has 1 aliphatic rings. The number of fused-ring (bicyclic) bond motifs is 2. The number of hydrogen-bond acceptors (Lipinski definition) is 7. The standard InChI is InChI=1S/C21H27N7O/c1-4-21(2,14-27(3)9-10-29)19-6-5-17-20(24-19)28(26-25-17)13-16-11-15-7-8-22-12-18(15)23-16/h5-8,12,29H,4,9-11,13-14H2,1-3H3. The summed E-state index contributed by atoms with van der Waals surface area (Å²) in [5, 5.41) is 17.8. The molecule has 3 aromatic rings. The van der Waals surface area contributed by atoms with Crippen LogP contribution in [0.3, 0.4) is 0 Å². The molecule has 8 heteroatoms. The molecule has 152 valence electrons. The molecular formula is C21H27N7O. The van der Waals surface area contributed by atoms with Crippen LogP contribution in [0.4, 0.5) is 5.69 Å². The molecule has 0 saturated carbocycles. The van der Waals surface area contributed by atoms with E-state index < -0.39 is 0 Å². The molecule has 0 radical (unpaired) electrons. The molecule has 3 aromatic heterocycles. The van der Waals surface area contributed by atoms with Gasteiger partial charge in [-0.3, -0.25) is 9.98 Å². The molecule has 1 aliphatic heterocycles. The van der Waals surface area contributed by atoms with Gasteiger partial charge in [-0.05, 0) is 37.2 Å². The second-order valence-electron chi connectivity index (χ2n) is 8.02. The molecule has 0 aliphatic carbocycles. The minimum Gasteiger partial charge on any atom is -0.395 e. The van der Waals surface area contributed by atoms with Gasteiger partial charge in [0.15, 0.2) is 5.65 Å². The summed E-state index contributed by atoms with van der Waals surface area (Å²) in [4.78, 5) is 15.9. The van der Waals surface area contributed by atoms with E-state index in [9.17, 15) is 5.11 Å². The van der Waals surface area contributed by atoms with Gasteiger partial charge >= 0.3 is 0 Å². The fraction of sp³-hybridized carbons (Fsp3) is 0.476. The Hall–Kier alpha value is -2.71. The van der Waals surface area contributed by atoms with Gasteiger partial charge in [-0.1, -0.05) is 19.1 Å². The zero-order valence-electron chi connectivity index (χ0n) is 17.2. The number of aliphatic hydroxyl groups excluding tert-OH is 1. The van der Waals surface area contributed by atoms with Crippen LogP contribution < -0.4 is 0 Å². The van der Waals surface area contributed by atoms with Crippen molar-refractivity contribution in [3.8, 4) is 0 Å². The topological polar surface area (TPSA) is 92.3 Å². The first kappa shape index (κ1) is 19.6. The van der Waals surface area contributed by atoms with E-state index in [0.717, 1.165) is 47.6 Å². The summed E-state index contributed by atoms with van der Waals surface area (Å²) in [6, 6.07) is 6.06. The molecule has 1 atom stereocenters. The molecule has 0 amide bonds. The normalized spacial score (nSPS) is 15.6. The maximum absolute atomic E-state index is 9.24. The van der Waals surface area contributed by atoms with Crippen LogP contribution in [0, 0.1) is 0 Å². The Morgan fingerprint density at radius 2 is 2.14 bits per heavy atom. The lowest BCUT2D eigenvalue weighted by atomic mass is 9.83. The zero-order chi connectivity index (χ0) is 20.4. The van der Waals surface area contributed by atoms with Crippen molar-refractivity contribution in [3.63, 3.8) is 0 Å². The highest BCUT2D eigenvalue weighted by atomic mass is 16.3. The van der Waals surface area contributed by atoms with Crippen LogP contribution in [-0.2, 0) is 18.4 Å². The first-order chi connectivity index (χ1) is 14.0. The molecule has 1 N–H and O–H groups in total. The summed E-state index contributed by atoms with van der Waals surface area (Å²) in [6.07, 6.45) is 5.35. The van der Waals surface area contributed by atoms with Crippen molar-refractivity contribution in [2.24, 2.45) is 4.99 Å². The third-order valence-electron chi connectivity index (χ3n) is 5.75. The molecule has 0 fully saturated rings. The van der Waals surface area contributed by atoms with Crippen LogP contribution in [0.1, 0.15) is 31.5 Å². The summed E-state index contributed by atoms with van der Waals surface area (Å²) in [6.45, 7) is 6.57. The summed E-state index contributed by atoms with van der Waals surface area (Å²) < 4.78 is 1.84. The van der Waals surface area contributed by atoms with Crippen molar-refractivity contribution in [1.82, 2.24) is 29.9 Å². The predicted octanol–water partition coefficient (Wildman–Crippen LogP) is 2.14. The third-order valence-corrected chi connectivity index (χ3v) is 5.75. The van der Waals surface area contributed by atoms with Gasteiger partial charge in [0.05, 0.1) is 30.7 Å². The van der Waals surface area contributed by atoms with Gasteiger partial charge in [0.1, 0.15) is 5.52 Å². The SMILES string of the molecule is CCC(C)(CN(C)CCO)c1ccc2nnn(CC3=Nc4cnccc4C3)c2n1. The largest absolute Gasteiger partial charge is 0.395 e. The number of rotatable bonds is 8. The summed E-state index contributed by atoms with van der Waals surface area (Å²) >= 11 is 0. The first-order valence-electron chi connectivity index (χ1n) is 10.0. The van der Waals surface area contributed by atoms with Gasteiger partial charge in [-0.25, -0.2) is 9.67 Å². The molecule has 1 unspecified atom stereocenters. The van der Waals surface area contributed by atoms with Gasteiger partial charge in [-0.2, -0.15) is 0 Å². The molecule has 4 heterocycles. The van der Waals surface area contributed by atoms with Crippen LogP contribution in [0.25, 0.3) is 11.2 Å². The molecule has 0 bridgehead atoms. The molecule has 0 aromatic carbocycles. The smallest absolute Gasteiger partial charge is 0.179 e. The molecule has 29 heavy (non-hydrogen) atoms. The van der Waals surface area contributed by atoms with E-state index >= 15 is 0 Å². The van der Waals surface area contributed by atoms with Crippen LogP contribution >= 0.6 is 0 Å². The minimum atomic E-state index is -0.125. The fourth-order valence-corrected chi connectivity index (χ4v) is 3.87. The third kappa shape index (κ3) is 3.90. The summed E-state index contributed by atoms with van der Waals surface area (Å²) in [7, 11) is 2.03. The van der Waals surface area contributed by atoms with E-state index in [0.29, 0.717) is 13.1 Å². The summed E-state index contributed by atoms with van der Waals surface area (Å²) in [5.41, 5.74) is 5.62. The number of nitrogens with zero attached hydrogens (tertiary/aromatic N) is 7. The van der Waals surface area contributed by atoms with E-state index in [4.69, 9.17) is 4.98 Å². The summed E-state index contributed by atoms with van der Waals surface area (Å²) in [5.74, 6) is 0. The molecule has 0 spiro atoms. The second-order valence-corrected chi connectivity index (χ2v) is 8.02. The zero-order valence-corrected chi connectivity index (χ0v) is 17.2. The first-order valence-corrected chi connectivity index (χ1v) is 10.0. The highest BCUT2D eigenvalue weighted by Crippen LogP contribution is 2.29. The van der Waals surface area contributed by atoms with Crippen LogP contribution in [0.5, 0.6) is 0 Å². The van der Waals surface area contributed by atoms with Gasteiger partial charge in [-0.15, -0.1) is 5.10 Å². The Bertz CT molecular complexity index is 1040. The van der Waals surface area contributed by atoms with E-state index in [-0.39, 0.29) is 12.0 Å². The van der Waals surface area contributed by atoms with E-state index in [1.54, 1.807) is 12.4 Å². The van der Waals surface area contributed by atoms with Gasteiger partial charge < -0.3 is 10.0 Å². The quantitative estimate of drug-likeness (QED) is 0.630. The van der Waals surface area contributed by atoms with Crippen LogP contribution in [0.15, 0.2) is 35.6 Å². The molecule has 0 saturated heterocycles. The maximum atomic E-state index is 9.24. The maximum Gasteiger partial charge on any atom is 0.179 e. The Morgan fingerprint density at radius 3 is 2.90 bits per heavy atom. The van der Waals surface area contributed by atoms with E-state index in [1.165, 1.54) is 5.56 Å². The monoisotopic (exact) mass is 393 g/mol. The highest BCUT2D eigenvalue weighted by molar-refractivity contribution is 5.94. The van der Waals surface area contributed by atoms with Gasteiger partial charge in [0.2, 0.25) is 0 Å². The second kappa shape index (κ2) is 7.96. The van der Waals surface area contributed by atoms with Crippen molar-refractivity contribution in [2.45, 2.75) is 38.6 Å². The van der Waals surface area contributed by atoms with Crippen LogP contribution in [-0.4, -0.2) is 67.4 Å². The minimum absolute atomic E-state index is 0.125. The van der Waals surface area contributed by atoms with Crippen molar-refractivity contribution in [1.29, 1.82) is 0 Å². The lowest BCUT2D eigenvalue weighted by molar-refractivity contribution is 0.189. The van der Waals surface area contributed by atoms with Crippen LogP contribution in [0.2, 0.25) is 0 Å². The van der Waals surface area contributed by atoms with Crippen molar-refractivity contribution >= 4 is 22.6 Å². The van der Waals surface area contributed by atoms with Crippen molar-refractivity contribution in [3.05, 3.63) is 41.9 Å². The van der Waals surface area contributed by atoms with Crippen molar-refractivity contribution in [2.75, 3.05) is 26.7 Å². The Kier molecular flexibility index (Phi) is 5.38. The Morgan fingerprint density at radius 1 is 1.28 bits per heavy atom. The highest BCUT2D eigenvalue weighted by Gasteiger charge is 2.29. The van der Waals surface area contributed by atoms with E-state index in [2.05, 4.69) is 39.0 Å². The number of pyridine rings is 2. The Balaban J connectivity index is 1.61. The molecular weight excluding hydrogens is 366 g/mol. The number of aliphatic imine (C=N–C) groups is 1. The molecule has 8 nitrogen and oxygen atoms in total. The fourth-order valence-electron chi connectivity index (χ4n) is 3.87. The number of aliphatic hydroxyl groups is 1. The Labute approximate surface area is 170 Å². The van der Waals surface area contributed by atoms with Gasteiger partial charge in [0.25, 0.3) is 0 Å².